The smallest absolute Gasteiger partial charge is 0.261 e. The molecule has 3 amide bonds. The summed E-state index contributed by atoms with van der Waals surface area (Å²) in [4.78, 5) is 45.4. The molecule has 2 aromatic carbocycles. The minimum atomic E-state index is -0.362. The van der Waals surface area contributed by atoms with Gasteiger partial charge < -0.3 is 14.8 Å². The molecule has 1 N–H and O–H groups in total. The number of anilines is 1. The van der Waals surface area contributed by atoms with Gasteiger partial charge in [-0.05, 0) is 41.8 Å². The first-order valence-corrected chi connectivity index (χ1v) is 12.5. The lowest BCUT2D eigenvalue weighted by Crippen LogP contribution is -2.32. The Bertz CT molecular complexity index is 1300. The fourth-order valence-electron chi connectivity index (χ4n) is 4.58. The molecule has 0 spiro atoms. The van der Waals surface area contributed by atoms with E-state index >= 15 is 0 Å². The Kier molecular flexibility index (Phi) is 6.71. The van der Waals surface area contributed by atoms with Gasteiger partial charge in [-0.25, -0.2) is 4.98 Å². The van der Waals surface area contributed by atoms with Crippen molar-refractivity contribution < 1.29 is 23.9 Å². The number of ether oxygens (including phenoxy) is 2. The Balaban J connectivity index is 1.14. The molecular formula is C26H26N4O5S. The van der Waals surface area contributed by atoms with E-state index in [-0.39, 0.29) is 30.7 Å². The van der Waals surface area contributed by atoms with Gasteiger partial charge in [0.15, 0.2) is 16.6 Å². The summed E-state index contributed by atoms with van der Waals surface area (Å²) in [7, 11) is 3.28. The molecule has 9 nitrogen and oxygen atoms in total. The highest BCUT2D eigenvalue weighted by molar-refractivity contribution is 7.13. The van der Waals surface area contributed by atoms with E-state index in [0.717, 1.165) is 41.6 Å². The van der Waals surface area contributed by atoms with Crippen molar-refractivity contribution in [2.75, 3.05) is 32.6 Å². The molecule has 1 aromatic heterocycles. The van der Waals surface area contributed by atoms with Crippen molar-refractivity contribution in [2.45, 2.75) is 25.9 Å². The van der Waals surface area contributed by atoms with Crippen LogP contribution in [0.15, 0.2) is 41.8 Å². The first-order chi connectivity index (χ1) is 17.5. The summed E-state index contributed by atoms with van der Waals surface area (Å²) in [6, 6.07) is 10.8. The highest BCUT2D eigenvalue weighted by Gasteiger charge is 2.35. The molecule has 2 aliphatic heterocycles. The monoisotopic (exact) mass is 506 g/mol. The molecule has 0 unspecified atom stereocenters. The number of imide groups is 1. The molecule has 5 rings (SSSR count). The van der Waals surface area contributed by atoms with Gasteiger partial charge in [-0.15, -0.1) is 11.3 Å². The van der Waals surface area contributed by atoms with Gasteiger partial charge in [0.25, 0.3) is 11.8 Å². The van der Waals surface area contributed by atoms with E-state index in [2.05, 4.69) is 15.2 Å². The zero-order valence-corrected chi connectivity index (χ0v) is 20.9. The lowest BCUT2D eigenvalue weighted by atomic mass is 9.98. The number of hydrogen-bond donors (Lipinski definition) is 1. The predicted octanol–water partition coefficient (Wildman–Crippen LogP) is 3.34. The molecule has 2 aliphatic rings. The number of rotatable bonds is 8. The summed E-state index contributed by atoms with van der Waals surface area (Å²) in [6.45, 7) is 2.35. The molecule has 0 fully saturated rings. The number of amides is 3. The van der Waals surface area contributed by atoms with Crippen LogP contribution in [-0.4, -0.2) is 59.8 Å². The minimum absolute atomic E-state index is 0.00852. The molecule has 0 saturated carbocycles. The highest BCUT2D eigenvalue weighted by Crippen LogP contribution is 2.33. The van der Waals surface area contributed by atoms with Gasteiger partial charge >= 0.3 is 0 Å². The summed E-state index contributed by atoms with van der Waals surface area (Å²) in [5.41, 5.74) is 4.10. The van der Waals surface area contributed by atoms with E-state index in [4.69, 9.17) is 9.47 Å². The summed E-state index contributed by atoms with van der Waals surface area (Å²) in [5.74, 6) is 0.448. The van der Waals surface area contributed by atoms with Crippen LogP contribution in [0.3, 0.4) is 0 Å². The van der Waals surface area contributed by atoms with Gasteiger partial charge in [-0.2, -0.15) is 0 Å². The Morgan fingerprint density at radius 1 is 1.06 bits per heavy atom. The van der Waals surface area contributed by atoms with Crippen molar-refractivity contribution in [1.82, 2.24) is 14.8 Å². The Morgan fingerprint density at radius 2 is 1.72 bits per heavy atom. The van der Waals surface area contributed by atoms with Crippen molar-refractivity contribution in [3.8, 4) is 11.5 Å². The minimum Gasteiger partial charge on any atom is -0.493 e. The van der Waals surface area contributed by atoms with Gasteiger partial charge in [-0.1, -0.05) is 12.1 Å². The second-order valence-corrected chi connectivity index (χ2v) is 9.54. The van der Waals surface area contributed by atoms with Crippen LogP contribution in [0.25, 0.3) is 0 Å². The van der Waals surface area contributed by atoms with Crippen molar-refractivity contribution in [3.05, 3.63) is 69.7 Å². The maximum absolute atomic E-state index is 12.5. The molecule has 186 valence electrons. The van der Waals surface area contributed by atoms with Crippen LogP contribution < -0.4 is 14.8 Å². The summed E-state index contributed by atoms with van der Waals surface area (Å²) >= 11 is 1.36. The molecule has 3 aromatic rings. The summed E-state index contributed by atoms with van der Waals surface area (Å²) < 4.78 is 10.9. The van der Waals surface area contributed by atoms with Crippen molar-refractivity contribution in [1.29, 1.82) is 0 Å². The van der Waals surface area contributed by atoms with Crippen molar-refractivity contribution in [2.24, 2.45) is 0 Å². The number of nitrogens with one attached hydrogen (secondary N) is 1. The van der Waals surface area contributed by atoms with Crippen LogP contribution in [-0.2, 0) is 24.3 Å². The highest BCUT2D eigenvalue weighted by atomic mass is 32.1. The van der Waals surface area contributed by atoms with Crippen LogP contribution in [0, 0.1) is 0 Å². The van der Waals surface area contributed by atoms with Gasteiger partial charge in [-0.3, -0.25) is 24.2 Å². The molecule has 0 aliphatic carbocycles. The Hall–Kier alpha value is -3.76. The lowest BCUT2D eigenvalue weighted by molar-refractivity contribution is -0.116. The average Bonchev–Trinajstić information content (AvgIpc) is 3.43. The summed E-state index contributed by atoms with van der Waals surface area (Å²) in [6.07, 6.45) is 0.913. The SMILES string of the molecule is COc1cc2c(cc1OC)CN(Cc1csc(NC(=O)CCN3C(=O)c4ccccc4C3=O)n1)CC2. The molecule has 0 bridgehead atoms. The maximum Gasteiger partial charge on any atom is 0.261 e. The van der Waals surface area contributed by atoms with Gasteiger partial charge in [0.1, 0.15) is 0 Å². The molecular weight excluding hydrogens is 480 g/mol. The molecule has 36 heavy (non-hydrogen) atoms. The van der Waals surface area contributed by atoms with Crippen molar-refractivity contribution in [3.63, 3.8) is 0 Å². The number of carbonyl (C=O) groups is 3. The first kappa shape index (κ1) is 24.0. The number of thiazole rings is 1. The van der Waals surface area contributed by atoms with E-state index in [1.165, 1.54) is 22.5 Å². The van der Waals surface area contributed by atoms with Crippen LogP contribution in [0.5, 0.6) is 11.5 Å². The molecule has 0 radical (unpaired) electrons. The molecule has 10 heteroatoms. The number of fused-ring (bicyclic) bond motifs is 2. The van der Waals surface area contributed by atoms with E-state index < -0.39 is 0 Å². The third kappa shape index (κ3) is 4.69. The average molecular weight is 507 g/mol. The van der Waals surface area contributed by atoms with Crippen LogP contribution >= 0.6 is 11.3 Å². The maximum atomic E-state index is 12.5. The third-order valence-corrected chi connectivity index (χ3v) is 7.23. The lowest BCUT2D eigenvalue weighted by Gasteiger charge is -2.29. The fraction of sp³-hybridized carbons (Fsp3) is 0.308. The number of methoxy groups -OCH3 is 2. The quantitative estimate of drug-likeness (QED) is 0.468. The summed E-state index contributed by atoms with van der Waals surface area (Å²) in [5, 5.41) is 5.22. The molecule has 3 heterocycles. The standard InChI is InChI=1S/C26H26N4O5S/c1-34-21-11-16-7-9-29(13-17(16)12-22(21)35-2)14-18-15-36-26(27-18)28-23(31)8-10-30-24(32)19-5-3-4-6-20(19)25(30)33/h3-6,11-12,15H,7-10,13-14H2,1-2H3,(H,27,28,31). The third-order valence-electron chi connectivity index (χ3n) is 6.42. The Morgan fingerprint density at radius 3 is 2.39 bits per heavy atom. The predicted molar refractivity (Wildman–Crippen MR) is 135 cm³/mol. The van der Waals surface area contributed by atoms with E-state index in [9.17, 15) is 14.4 Å². The van der Waals surface area contributed by atoms with E-state index in [1.807, 2.05) is 17.5 Å². The first-order valence-electron chi connectivity index (χ1n) is 11.6. The zero-order valence-electron chi connectivity index (χ0n) is 20.1. The van der Waals surface area contributed by atoms with Gasteiger partial charge in [0, 0.05) is 38.0 Å². The second kappa shape index (κ2) is 10.1. The largest absolute Gasteiger partial charge is 0.493 e. The second-order valence-electron chi connectivity index (χ2n) is 8.69. The van der Waals surface area contributed by atoms with E-state index in [1.54, 1.807) is 38.5 Å². The van der Waals surface area contributed by atoms with Gasteiger partial charge in [0.05, 0.1) is 31.0 Å². The number of aromatic nitrogens is 1. The number of carbonyl (C=O) groups excluding carboxylic acids is 3. The zero-order chi connectivity index (χ0) is 25.2. The fourth-order valence-corrected chi connectivity index (χ4v) is 5.30. The van der Waals surface area contributed by atoms with Crippen LogP contribution in [0.1, 0.15) is 44.0 Å². The normalized spacial score (nSPS) is 15.0. The number of nitrogens with zero attached hydrogens (tertiary/aromatic N) is 3. The Labute approximate surface area is 212 Å². The topological polar surface area (TPSA) is 101 Å². The number of hydrogen-bond acceptors (Lipinski definition) is 8. The molecule has 0 saturated heterocycles. The molecule has 0 atom stereocenters. The van der Waals surface area contributed by atoms with E-state index in [0.29, 0.717) is 22.8 Å². The number of benzene rings is 2. The van der Waals surface area contributed by atoms with Gasteiger partial charge in [0.2, 0.25) is 5.91 Å². The van der Waals surface area contributed by atoms with Crippen molar-refractivity contribution >= 4 is 34.2 Å². The van der Waals surface area contributed by atoms with Crippen LogP contribution in [0.4, 0.5) is 5.13 Å². The van der Waals surface area contributed by atoms with Crippen LogP contribution in [0.2, 0.25) is 0 Å².